The topological polar surface area (TPSA) is 75.1 Å². The van der Waals surface area contributed by atoms with Gasteiger partial charge in [-0.15, -0.1) is 0 Å². The Morgan fingerprint density at radius 3 is 2.72 bits per heavy atom. The monoisotopic (exact) mass is 263 g/mol. The third kappa shape index (κ3) is 2.75. The predicted octanol–water partition coefficient (Wildman–Crippen LogP) is 2.40. The van der Waals surface area contributed by atoms with Crippen LogP contribution in [0.3, 0.4) is 0 Å². The molecule has 1 aromatic carbocycles. The SMILES string of the molecule is Cc1cc(O)ccc1C(=O)Nc1cnc(Cl)cn1. The highest BCUT2D eigenvalue weighted by Gasteiger charge is 2.10. The number of anilines is 1. The molecule has 1 aromatic heterocycles. The van der Waals surface area contributed by atoms with E-state index in [-0.39, 0.29) is 16.8 Å². The number of carbonyl (C=O) groups excluding carboxylic acids is 1. The lowest BCUT2D eigenvalue weighted by Crippen LogP contribution is -2.14. The number of aryl methyl sites for hydroxylation is 1. The molecule has 2 aromatic rings. The molecule has 2 rings (SSSR count). The van der Waals surface area contributed by atoms with Gasteiger partial charge in [0.15, 0.2) is 5.82 Å². The summed E-state index contributed by atoms with van der Waals surface area (Å²) in [5, 5.41) is 12.1. The molecule has 0 fully saturated rings. The molecule has 6 heteroatoms. The van der Waals surface area contributed by atoms with E-state index in [0.717, 1.165) is 0 Å². The van der Waals surface area contributed by atoms with Crippen LogP contribution in [0.25, 0.3) is 0 Å². The normalized spacial score (nSPS) is 10.1. The van der Waals surface area contributed by atoms with Crippen LogP contribution < -0.4 is 5.32 Å². The van der Waals surface area contributed by atoms with Crippen molar-refractivity contribution in [2.45, 2.75) is 6.92 Å². The molecule has 0 unspecified atom stereocenters. The van der Waals surface area contributed by atoms with E-state index >= 15 is 0 Å². The first-order chi connectivity index (χ1) is 8.56. The third-order valence-corrected chi connectivity index (χ3v) is 2.51. The Bertz CT molecular complexity index is 584. The second-order valence-corrected chi connectivity index (χ2v) is 4.06. The Morgan fingerprint density at radius 1 is 1.33 bits per heavy atom. The van der Waals surface area contributed by atoms with Gasteiger partial charge in [-0.3, -0.25) is 4.79 Å². The first-order valence-corrected chi connectivity index (χ1v) is 5.52. The van der Waals surface area contributed by atoms with Gasteiger partial charge in [0, 0.05) is 5.56 Å². The Hall–Kier alpha value is -2.14. The Morgan fingerprint density at radius 2 is 2.11 bits per heavy atom. The Labute approximate surface area is 108 Å². The lowest BCUT2D eigenvalue weighted by molar-refractivity contribution is 0.102. The number of aromatic nitrogens is 2. The zero-order valence-electron chi connectivity index (χ0n) is 9.51. The first-order valence-electron chi connectivity index (χ1n) is 5.15. The van der Waals surface area contributed by atoms with E-state index in [2.05, 4.69) is 15.3 Å². The predicted molar refractivity (Wildman–Crippen MR) is 67.8 cm³/mol. The maximum absolute atomic E-state index is 11.9. The van der Waals surface area contributed by atoms with Gasteiger partial charge < -0.3 is 10.4 Å². The summed E-state index contributed by atoms with van der Waals surface area (Å²) in [5.74, 6) is 0.122. The number of phenolic OH excluding ortho intramolecular Hbond substituents is 1. The number of nitrogens with one attached hydrogen (secondary N) is 1. The highest BCUT2D eigenvalue weighted by molar-refractivity contribution is 6.29. The van der Waals surface area contributed by atoms with E-state index in [4.69, 9.17) is 11.6 Å². The Kier molecular flexibility index (Phi) is 3.43. The fraction of sp³-hybridized carbons (Fsp3) is 0.0833. The van der Waals surface area contributed by atoms with Crippen molar-refractivity contribution >= 4 is 23.3 Å². The second kappa shape index (κ2) is 5.01. The van der Waals surface area contributed by atoms with Crippen molar-refractivity contribution in [2.24, 2.45) is 0 Å². The molecular weight excluding hydrogens is 254 g/mol. The lowest BCUT2D eigenvalue weighted by Gasteiger charge is -2.07. The van der Waals surface area contributed by atoms with Crippen LogP contribution in [-0.2, 0) is 0 Å². The molecule has 92 valence electrons. The summed E-state index contributed by atoms with van der Waals surface area (Å²) >= 11 is 5.59. The van der Waals surface area contributed by atoms with E-state index in [1.807, 2.05) is 0 Å². The van der Waals surface area contributed by atoms with Crippen LogP contribution in [0.4, 0.5) is 5.82 Å². The second-order valence-electron chi connectivity index (χ2n) is 3.68. The zero-order chi connectivity index (χ0) is 13.1. The van der Waals surface area contributed by atoms with E-state index in [0.29, 0.717) is 16.9 Å². The van der Waals surface area contributed by atoms with Crippen LogP contribution in [0.2, 0.25) is 5.15 Å². The molecule has 0 spiro atoms. The molecule has 2 N–H and O–H groups in total. The van der Waals surface area contributed by atoms with Crippen molar-refractivity contribution < 1.29 is 9.90 Å². The van der Waals surface area contributed by atoms with E-state index < -0.39 is 0 Å². The summed E-state index contributed by atoms with van der Waals surface area (Å²) in [7, 11) is 0. The van der Waals surface area contributed by atoms with Crippen LogP contribution in [0, 0.1) is 6.92 Å². The first kappa shape index (κ1) is 12.3. The number of aromatic hydroxyl groups is 1. The van der Waals surface area contributed by atoms with Gasteiger partial charge in [-0.1, -0.05) is 11.6 Å². The van der Waals surface area contributed by atoms with Crippen molar-refractivity contribution in [1.82, 2.24) is 9.97 Å². The van der Waals surface area contributed by atoms with Gasteiger partial charge in [-0.25, -0.2) is 9.97 Å². The number of nitrogens with zero attached hydrogens (tertiary/aromatic N) is 2. The molecule has 1 amide bonds. The van der Waals surface area contributed by atoms with Gasteiger partial charge in [0.1, 0.15) is 10.9 Å². The van der Waals surface area contributed by atoms with E-state index in [1.165, 1.54) is 24.5 Å². The van der Waals surface area contributed by atoms with Crippen LogP contribution in [0.1, 0.15) is 15.9 Å². The molecular formula is C12H10ClN3O2. The number of benzene rings is 1. The number of hydrogen-bond acceptors (Lipinski definition) is 4. The molecule has 0 saturated heterocycles. The minimum Gasteiger partial charge on any atom is -0.508 e. The molecule has 0 aliphatic rings. The van der Waals surface area contributed by atoms with Crippen molar-refractivity contribution in [2.75, 3.05) is 5.32 Å². The lowest BCUT2D eigenvalue weighted by atomic mass is 10.1. The maximum atomic E-state index is 11.9. The highest BCUT2D eigenvalue weighted by atomic mass is 35.5. The molecule has 5 nitrogen and oxygen atoms in total. The van der Waals surface area contributed by atoms with Gasteiger partial charge in [0.25, 0.3) is 5.91 Å². The third-order valence-electron chi connectivity index (χ3n) is 2.32. The van der Waals surface area contributed by atoms with Crippen molar-refractivity contribution in [3.05, 3.63) is 46.9 Å². The van der Waals surface area contributed by atoms with Crippen molar-refractivity contribution in [3.63, 3.8) is 0 Å². The molecule has 0 atom stereocenters. The van der Waals surface area contributed by atoms with Crippen LogP contribution >= 0.6 is 11.6 Å². The largest absolute Gasteiger partial charge is 0.508 e. The van der Waals surface area contributed by atoms with Crippen LogP contribution in [-0.4, -0.2) is 21.0 Å². The van der Waals surface area contributed by atoms with E-state index in [9.17, 15) is 9.90 Å². The van der Waals surface area contributed by atoms with Gasteiger partial charge in [0.05, 0.1) is 12.4 Å². The van der Waals surface area contributed by atoms with Gasteiger partial charge in [-0.05, 0) is 30.7 Å². The summed E-state index contributed by atoms with van der Waals surface area (Å²) in [6.45, 7) is 1.74. The van der Waals surface area contributed by atoms with Crippen LogP contribution in [0.15, 0.2) is 30.6 Å². The summed E-state index contributed by atoms with van der Waals surface area (Å²) in [6.07, 6.45) is 2.72. The summed E-state index contributed by atoms with van der Waals surface area (Å²) in [4.78, 5) is 19.7. The summed E-state index contributed by atoms with van der Waals surface area (Å²) < 4.78 is 0. The number of rotatable bonds is 2. The van der Waals surface area contributed by atoms with Crippen molar-refractivity contribution in [1.29, 1.82) is 0 Å². The quantitative estimate of drug-likeness (QED) is 0.872. The molecule has 0 aliphatic heterocycles. The average Bonchev–Trinajstić information content (AvgIpc) is 2.32. The summed E-state index contributed by atoms with van der Waals surface area (Å²) in [5.41, 5.74) is 1.14. The molecule has 1 heterocycles. The molecule has 0 aliphatic carbocycles. The van der Waals surface area contributed by atoms with Gasteiger partial charge >= 0.3 is 0 Å². The minimum atomic E-state index is -0.316. The standard InChI is InChI=1S/C12H10ClN3O2/c1-7-4-8(17)2-3-9(7)12(18)16-11-6-14-10(13)5-15-11/h2-6,17H,1H3,(H,15,16,18). The minimum absolute atomic E-state index is 0.121. The van der Waals surface area contributed by atoms with Crippen LogP contribution in [0.5, 0.6) is 5.75 Å². The number of carbonyl (C=O) groups is 1. The smallest absolute Gasteiger partial charge is 0.257 e. The van der Waals surface area contributed by atoms with Gasteiger partial charge in [0.2, 0.25) is 0 Å². The zero-order valence-corrected chi connectivity index (χ0v) is 10.3. The fourth-order valence-electron chi connectivity index (χ4n) is 1.46. The number of halogens is 1. The fourth-order valence-corrected chi connectivity index (χ4v) is 1.56. The average molecular weight is 264 g/mol. The Balaban J connectivity index is 2.19. The molecule has 0 bridgehead atoms. The van der Waals surface area contributed by atoms with Gasteiger partial charge in [-0.2, -0.15) is 0 Å². The number of hydrogen-bond donors (Lipinski definition) is 2. The molecule has 0 saturated carbocycles. The van der Waals surface area contributed by atoms with E-state index in [1.54, 1.807) is 13.0 Å². The highest BCUT2D eigenvalue weighted by Crippen LogP contribution is 2.16. The number of amides is 1. The molecule has 18 heavy (non-hydrogen) atoms. The summed E-state index contributed by atoms with van der Waals surface area (Å²) in [6, 6.07) is 4.52. The maximum Gasteiger partial charge on any atom is 0.257 e. The van der Waals surface area contributed by atoms with Crippen molar-refractivity contribution in [3.8, 4) is 5.75 Å². The molecule has 0 radical (unpaired) electrons. The number of phenols is 1.